The molecule has 0 saturated carbocycles. The van der Waals surface area contributed by atoms with Crippen molar-refractivity contribution in [3.05, 3.63) is 40.8 Å². The lowest BCUT2D eigenvalue weighted by atomic mass is 10.1. The molecule has 3 aromatic rings. The van der Waals surface area contributed by atoms with Crippen molar-refractivity contribution in [2.24, 2.45) is 0 Å². The average molecular weight is 353 g/mol. The van der Waals surface area contributed by atoms with Crippen LogP contribution in [-0.4, -0.2) is 31.3 Å². The standard InChI is InChI=1S/C20H27N5O/c1-7-13(3)21-17(26)11-24-19-18(12(2)10-14(4)22-19)20(23-24)25-15(5)8-9-16(25)6/h8-10,13H,7,11H2,1-6H3,(H,21,26). The Labute approximate surface area is 154 Å². The van der Waals surface area contributed by atoms with E-state index >= 15 is 0 Å². The monoisotopic (exact) mass is 353 g/mol. The third-order valence-electron chi connectivity index (χ3n) is 4.81. The summed E-state index contributed by atoms with van der Waals surface area (Å²) in [7, 11) is 0. The Morgan fingerprint density at radius 3 is 2.46 bits per heavy atom. The van der Waals surface area contributed by atoms with Gasteiger partial charge in [0.15, 0.2) is 11.5 Å². The lowest BCUT2D eigenvalue weighted by Crippen LogP contribution is -2.34. The van der Waals surface area contributed by atoms with E-state index in [1.807, 2.05) is 13.8 Å². The molecule has 1 unspecified atom stereocenters. The fourth-order valence-electron chi connectivity index (χ4n) is 3.32. The molecule has 0 aliphatic rings. The number of rotatable bonds is 5. The van der Waals surface area contributed by atoms with Crippen molar-refractivity contribution in [2.45, 2.75) is 60.5 Å². The first-order chi connectivity index (χ1) is 12.3. The van der Waals surface area contributed by atoms with Gasteiger partial charge in [-0.25, -0.2) is 9.67 Å². The molecule has 26 heavy (non-hydrogen) atoms. The van der Waals surface area contributed by atoms with E-state index in [9.17, 15) is 4.79 Å². The maximum Gasteiger partial charge on any atom is 0.242 e. The summed E-state index contributed by atoms with van der Waals surface area (Å²) in [5.74, 6) is 0.790. The van der Waals surface area contributed by atoms with Crippen molar-refractivity contribution in [2.75, 3.05) is 0 Å². The second-order valence-corrected chi connectivity index (χ2v) is 7.09. The van der Waals surface area contributed by atoms with Crippen LogP contribution in [0.4, 0.5) is 0 Å². The normalized spacial score (nSPS) is 12.5. The number of fused-ring (bicyclic) bond motifs is 1. The zero-order chi connectivity index (χ0) is 19.0. The molecule has 3 rings (SSSR count). The highest BCUT2D eigenvalue weighted by Gasteiger charge is 2.20. The van der Waals surface area contributed by atoms with Gasteiger partial charge in [-0.05, 0) is 64.8 Å². The van der Waals surface area contributed by atoms with E-state index in [1.54, 1.807) is 4.68 Å². The van der Waals surface area contributed by atoms with Gasteiger partial charge in [0.25, 0.3) is 0 Å². The van der Waals surface area contributed by atoms with Crippen molar-refractivity contribution >= 4 is 16.9 Å². The van der Waals surface area contributed by atoms with Gasteiger partial charge in [0.05, 0.1) is 5.39 Å². The highest BCUT2D eigenvalue weighted by molar-refractivity contribution is 5.88. The van der Waals surface area contributed by atoms with E-state index in [2.05, 4.69) is 60.8 Å². The summed E-state index contributed by atoms with van der Waals surface area (Å²) < 4.78 is 3.84. The molecule has 3 aromatic heterocycles. The van der Waals surface area contributed by atoms with Crippen LogP contribution in [0.5, 0.6) is 0 Å². The van der Waals surface area contributed by atoms with Gasteiger partial charge in [-0.15, -0.1) is 0 Å². The van der Waals surface area contributed by atoms with Crippen molar-refractivity contribution in [3.63, 3.8) is 0 Å². The van der Waals surface area contributed by atoms with Gasteiger partial charge < -0.3 is 9.88 Å². The third-order valence-corrected chi connectivity index (χ3v) is 4.81. The van der Waals surface area contributed by atoms with Crippen LogP contribution in [-0.2, 0) is 11.3 Å². The van der Waals surface area contributed by atoms with E-state index in [0.717, 1.165) is 45.9 Å². The molecule has 138 valence electrons. The number of aryl methyl sites for hydroxylation is 4. The van der Waals surface area contributed by atoms with Crippen LogP contribution in [0.1, 0.15) is 42.9 Å². The van der Waals surface area contributed by atoms with E-state index < -0.39 is 0 Å². The summed E-state index contributed by atoms with van der Waals surface area (Å²) in [6.45, 7) is 12.4. The molecule has 0 radical (unpaired) electrons. The Balaban J connectivity index is 2.14. The molecule has 1 atom stereocenters. The molecule has 0 fully saturated rings. The fraction of sp³-hybridized carbons (Fsp3) is 0.450. The number of aromatic nitrogens is 4. The summed E-state index contributed by atoms with van der Waals surface area (Å²) in [6, 6.07) is 6.36. The molecule has 6 heteroatoms. The predicted octanol–water partition coefficient (Wildman–Crippen LogP) is 3.37. The van der Waals surface area contributed by atoms with Crippen LogP contribution in [0, 0.1) is 27.7 Å². The summed E-state index contributed by atoms with van der Waals surface area (Å²) >= 11 is 0. The largest absolute Gasteiger partial charge is 0.352 e. The Morgan fingerprint density at radius 1 is 1.19 bits per heavy atom. The Bertz CT molecular complexity index is 947. The number of nitrogens with zero attached hydrogens (tertiary/aromatic N) is 4. The zero-order valence-corrected chi connectivity index (χ0v) is 16.4. The topological polar surface area (TPSA) is 64.7 Å². The number of nitrogens with one attached hydrogen (secondary N) is 1. The first-order valence-corrected chi connectivity index (χ1v) is 9.11. The molecule has 6 nitrogen and oxygen atoms in total. The Morgan fingerprint density at radius 2 is 1.85 bits per heavy atom. The minimum Gasteiger partial charge on any atom is -0.352 e. The Hall–Kier alpha value is -2.63. The SMILES string of the molecule is CCC(C)NC(=O)Cn1nc(-n2c(C)ccc2C)c2c(C)cc(C)nc21. The maximum absolute atomic E-state index is 12.4. The third kappa shape index (κ3) is 3.23. The van der Waals surface area contributed by atoms with Gasteiger partial charge in [0.1, 0.15) is 6.54 Å². The molecule has 1 amide bonds. The Kier molecular flexibility index (Phi) is 4.85. The number of hydrogen-bond donors (Lipinski definition) is 1. The smallest absolute Gasteiger partial charge is 0.242 e. The maximum atomic E-state index is 12.4. The van der Waals surface area contributed by atoms with Crippen LogP contribution in [0.25, 0.3) is 16.9 Å². The average Bonchev–Trinajstić information content (AvgIpc) is 3.07. The summed E-state index contributed by atoms with van der Waals surface area (Å²) in [4.78, 5) is 17.1. The van der Waals surface area contributed by atoms with E-state index in [0.29, 0.717) is 0 Å². The molecular weight excluding hydrogens is 326 g/mol. The number of amides is 1. The second kappa shape index (κ2) is 6.94. The number of carbonyl (C=O) groups excluding carboxylic acids is 1. The van der Waals surface area contributed by atoms with Crippen LogP contribution in [0.3, 0.4) is 0 Å². The predicted molar refractivity (Wildman–Crippen MR) is 104 cm³/mol. The van der Waals surface area contributed by atoms with Crippen molar-refractivity contribution in [3.8, 4) is 5.82 Å². The highest BCUT2D eigenvalue weighted by Crippen LogP contribution is 2.27. The van der Waals surface area contributed by atoms with E-state index in [1.165, 1.54) is 0 Å². The molecule has 0 saturated heterocycles. The van der Waals surface area contributed by atoms with Gasteiger partial charge in [0, 0.05) is 23.1 Å². The number of pyridine rings is 1. The summed E-state index contributed by atoms with van der Waals surface area (Å²) in [5, 5.41) is 8.78. The lowest BCUT2D eigenvalue weighted by molar-refractivity contribution is -0.122. The first-order valence-electron chi connectivity index (χ1n) is 9.11. The van der Waals surface area contributed by atoms with Crippen molar-refractivity contribution in [1.29, 1.82) is 0 Å². The second-order valence-electron chi connectivity index (χ2n) is 7.09. The number of carbonyl (C=O) groups is 1. The molecule has 1 N–H and O–H groups in total. The quantitative estimate of drug-likeness (QED) is 0.765. The van der Waals surface area contributed by atoms with Crippen molar-refractivity contribution in [1.82, 2.24) is 24.6 Å². The van der Waals surface area contributed by atoms with Crippen LogP contribution >= 0.6 is 0 Å². The fourth-order valence-corrected chi connectivity index (χ4v) is 3.32. The lowest BCUT2D eigenvalue weighted by Gasteiger charge is -2.11. The first kappa shape index (κ1) is 18.2. The van der Waals surface area contributed by atoms with E-state index in [4.69, 9.17) is 5.10 Å². The van der Waals surface area contributed by atoms with Gasteiger partial charge in [-0.2, -0.15) is 5.10 Å². The molecule has 0 bridgehead atoms. The minimum atomic E-state index is -0.0443. The van der Waals surface area contributed by atoms with Crippen LogP contribution in [0.15, 0.2) is 18.2 Å². The molecule has 3 heterocycles. The van der Waals surface area contributed by atoms with Gasteiger partial charge in [-0.1, -0.05) is 6.92 Å². The molecule has 0 spiro atoms. The molecule has 0 aliphatic carbocycles. The van der Waals surface area contributed by atoms with Crippen LogP contribution < -0.4 is 5.32 Å². The minimum absolute atomic E-state index is 0.0443. The van der Waals surface area contributed by atoms with Gasteiger partial charge in [-0.3, -0.25) is 4.79 Å². The highest BCUT2D eigenvalue weighted by atomic mass is 16.2. The zero-order valence-electron chi connectivity index (χ0n) is 16.4. The van der Waals surface area contributed by atoms with Crippen molar-refractivity contribution < 1.29 is 4.79 Å². The molecular formula is C20H27N5O. The molecule has 0 aliphatic heterocycles. The van der Waals surface area contributed by atoms with Crippen LogP contribution in [0.2, 0.25) is 0 Å². The van der Waals surface area contributed by atoms with Gasteiger partial charge >= 0.3 is 0 Å². The van der Waals surface area contributed by atoms with Gasteiger partial charge in [0.2, 0.25) is 5.91 Å². The summed E-state index contributed by atoms with van der Waals surface area (Å²) in [5.41, 5.74) is 5.01. The number of hydrogen-bond acceptors (Lipinski definition) is 3. The molecule has 0 aromatic carbocycles. The van der Waals surface area contributed by atoms with E-state index in [-0.39, 0.29) is 18.5 Å². The summed E-state index contributed by atoms with van der Waals surface area (Å²) in [6.07, 6.45) is 0.898.